The normalized spacial score (nSPS) is 16.7. The Labute approximate surface area is 133 Å². The van der Waals surface area contributed by atoms with Crippen molar-refractivity contribution in [2.24, 2.45) is 5.92 Å². The van der Waals surface area contributed by atoms with E-state index < -0.39 is 5.97 Å². The van der Waals surface area contributed by atoms with E-state index in [0.29, 0.717) is 17.0 Å². The second-order valence-corrected chi connectivity index (χ2v) is 6.29. The SMILES string of the molecule is COC(=O)c1ccc(C=C2SC(=O)N(CC(C)C)C2=O)cc1. The summed E-state index contributed by atoms with van der Waals surface area (Å²) >= 11 is 0.941. The molecule has 0 spiro atoms. The lowest BCUT2D eigenvalue weighted by atomic mass is 10.1. The van der Waals surface area contributed by atoms with E-state index in [-0.39, 0.29) is 17.1 Å². The number of thioether (sulfide) groups is 1. The van der Waals surface area contributed by atoms with Crippen molar-refractivity contribution in [2.45, 2.75) is 13.8 Å². The predicted molar refractivity (Wildman–Crippen MR) is 85.3 cm³/mol. The third kappa shape index (κ3) is 3.57. The molecule has 6 heteroatoms. The fourth-order valence-electron chi connectivity index (χ4n) is 2.01. The lowest BCUT2D eigenvalue weighted by molar-refractivity contribution is -0.123. The molecular weight excluding hydrogens is 302 g/mol. The van der Waals surface area contributed by atoms with Gasteiger partial charge in [-0.3, -0.25) is 14.5 Å². The van der Waals surface area contributed by atoms with Crippen molar-refractivity contribution < 1.29 is 19.1 Å². The van der Waals surface area contributed by atoms with Crippen molar-refractivity contribution in [3.63, 3.8) is 0 Å². The van der Waals surface area contributed by atoms with Crippen molar-refractivity contribution in [3.05, 3.63) is 40.3 Å². The number of hydrogen-bond donors (Lipinski definition) is 0. The van der Waals surface area contributed by atoms with Crippen LogP contribution >= 0.6 is 11.8 Å². The van der Waals surface area contributed by atoms with Crippen LogP contribution in [0.25, 0.3) is 6.08 Å². The number of carbonyl (C=O) groups excluding carboxylic acids is 3. The highest BCUT2D eigenvalue weighted by Crippen LogP contribution is 2.32. The molecule has 2 rings (SSSR count). The molecule has 0 aliphatic carbocycles. The first-order chi connectivity index (χ1) is 10.4. The standard InChI is InChI=1S/C16H17NO4S/c1-10(2)9-17-14(18)13(22-16(17)20)8-11-4-6-12(7-5-11)15(19)21-3/h4-8,10H,9H2,1-3H3. The third-order valence-electron chi connectivity index (χ3n) is 3.05. The molecule has 1 heterocycles. The van der Waals surface area contributed by atoms with Gasteiger partial charge in [0.15, 0.2) is 0 Å². The van der Waals surface area contributed by atoms with Gasteiger partial charge in [0.2, 0.25) is 0 Å². The van der Waals surface area contributed by atoms with Gasteiger partial charge in [-0.2, -0.15) is 0 Å². The number of imide groups is 1. The van der Waals surface area contributed by atoms with Crippen molar-refractivity contribution in [3.8, 4) is 0 Å². The Morgan fingerprint density at radius 2 is 1.91 bits per heavy atom. The summed E-state index contributed by atoms with van der Waals surface area (Å²) in [6.07, 6.45) is 1.66. The van der Waals surface area contributed by atoms with Crippen LogP contribution in [-0.2, 0) is 9.53 Å². The number of amides is 2. The van der Waals surface area contributed by atoms with Crippen LogP contribution in [0.3, 0.4) is 0 Å². The second kappa shape index (κ2) is 6.79. The molecule has 1 fully saturated rings. The number of methoxy groups -OCH3 is 1. The molecule has 0 radical (unpaired) electrons. The maximum Gasteiger partial charge on any atom is 0.337 e. The number of ether oxygens (including phenoxy) is 1. The van der Waals surface area contributed by atoms with Gasteiger partial charge in [0.05, 0.1) is 17.6 Å². The number of rotatable bonds is 4. The minimum atomic E-state index is -0.413. The summed E-state index contributed by atoms with van der Waals surface area (Å²) in [6.45, 7) is 4.33. The Hall–Kier alpha value is -2.08. The summed E-state index contributed by atoms with van der Waals surface area (Å²) in [4.78, 5) is 37.1. The smallest absolute Gasteiger partial charge is 0.337 e. The highest BCUT2D eigenvalue weighted by Gasteiger charge is 2.35. The van der Waals surface area contributed by atoms with Crippen LogP contribution in [0, 0.1) is 5.92 Å². The van der Waals surface area contributed by atoms with Crippen molar-refractivity contribution >= 4 is 35.0 Å². The summed E-state index contributed by atoms with van der Waals surface area (Å²) in [5.41, 5.74) is 1.19. The predicted octanol–water partition coefficient (Wildman–Crippen LogP) is 3.17. The highest BCUT2D eigenvalue weighted by molar-refractivity contribution is 8.18. The molecule has 5 nitrogen and oxygen atoms in total. The number of nitrogens with zero attached hydrogens (tertiary/aromatic N) is 1. The molecule has 1 aromatic carbocycles. The van der Waals surface area contributed by atoms with Gasteiger partial charge in [0.1, 0.15) is 0 Å². The molecule has 0 aromatic heterocycles. The maximum absolute atomic E-state index is 12.2. The summed E-state index contributed by atoms with van der Waals surface area (Å²) in [6, 6.07) is 6.66. The van der Waals surface area contributed by atoms with E-state index in [2.05, 4.69) is 4.74 Å². The van der Waals surface area contributed by atoms with Crippen LogP contribution in [0.2, 0.25) is 0 Å². The molecule has 0 saturated carbocycles. The molecule has 1 aromatic rings. The average Bonchev–Trinajstić information content (AvgIpc) is 2.74. The van der Waals surface area contributed by atoms with Crippen molar-refractivity contribution in [2.75, 3.05) is 13.7 Å². The first kappa shape index (κ1) is 16.3. The van der Waals surface area contributed by atoms with E-state index in [1.165, 1.54) is 12.0 Å². The average molecular weight is 319 g/mol. The van der Waals surface area contributed by atoms with Crippen LogP contribution in [0.5, 0.6) is 0 Å². The van der Waals surface area contributed by atoms with Gasteiger partial charge in [0.25, 0.3) is 11.1 Å². The summed E-state index contributed by atoms with van der Waals surface area (Å²) in [5, 5.41) is -0.240. The molecule has 0 unspecified atom stereocenters. The van der Waals surface area contributed by atoms with E-state index >= 15 is 0 Å². The van der Waals surface area contributed by atoms with Crippen LogP contribution in [0.1, 0.15) is 29.8 Å². The Morgan fingerprint density at radius 1 is 1.27 bits per heavy atom. The lowest BCUT2D eigenvalue weighted by Gasteiger charge is -2.14. The topological polar surface area (TPSA) is 63.7 Å². The third-order valence-corrected chi connectivity index (χ3v) is 3.96. The lowest BCUT2D eigenvalue weighted by Crippen LogP contribution is -2.31. The molecule has 1 saturated heterocycles. The van der Waals surface area contributed by atoms with E-state index in [1.807, 2.05) is 13.8 Å². The largest absolute Gasteiger partial charge is 0.465 e. The van der Waals surface area contributed by atoms with E-state index in [9.17, 15) is 14.4 Å². The summed E-state index contributed by atoms with van der Waals surface area (Å²) < 4.78 is 4.63. The molecule has 0 bridgehead atoms. The first-order valence-electron chi connectivity index (χ1n) is 6.86. The molecule has 2 amide bonds. The molecule has 0 N–H and O–H groups in total. The van der Waals surface area contributed by atoms with Crippen LogP contribution in [0.15, 0.2) is 29.2 Å². The molecule has 116 valence electrons. The summed E-state index contributed by atoms with van der Waals surface area (Å²) in [7, 11) is 1.32. The molecule has 1 aliphatic heterocycles. The minimum absolute atomic E-state index is 0.229. The number of hydrogen-bond acceptors (Lipinski definition) is 5. The van der Waals surface area contributed by atoms with Gasteiger partial charge in [-0.25, -0.2) is 4.79 Å². The Morgan fingerprint density at radius 3 is 2.45 bits per heavy atom. The van der Waals surface area contributed by atoms with Gasteiger partial charge in [-0.15, -0.1) is 0 Å². The fraction of sp³-hybridized carbons (Fsp3) is 0.312. The Balaban J connectivity index is 2.18. The van der Waals surface area contributed by atoms with Crippen LogP contribution in [-0.4, -0.2) is 35.7 Å². The van der Waals surface area contributed by atoms with Gasteiger partial charge in [-0.05, 0) is 41.5 Å². The Kier molecular flexibility index (Phi) is 5.03. The Bertz CT molecular complexity index is 634. The number of esters is 1. The van der Waals surface area contributed by atoms with Crippen molar-refractivity contribution in [1.82, 2.24) is 4.90 Å². The minimum Gasteiger partial charge on any atom is -0.465 e. The monoisotopic (exact) mass is 319 g/mol. The van der Waals surface area contributed by atoms with Crippen molar-refractivity contribution in [1.29, 1.82) is 0 Å². The molecule has 1 aliphatic rings. The van der Waals surface area contributed by atoms with E-state index in [0.717, 1.165) is 17.3 Å². The molecule has 0 atom stereocenters. The van der Waals surface area contributed by atoms with E-state index in [4.69, 9.17) is 0 Å². The maximum atomic E-state index is 12.2. The zero-order valence-corrected chi connectivity index (χ0v) is 13.5. The van der Waals surface area contributed by atoms with Gasteiger partial charge in [-0.1, -0.05) is 26.0 Å². The van der Waals surface area contributed by atoms with Gasteiger partial charge < -0.3 is 4.74 Å². The molecule has 22 heavy (non-hydrogen) atoms. The molecular formula is C16H17NO4S. The number of carbonyl (C=O) groups is 3. The van der Waals surface area contributed by atoms with E-state index in [1.54, 1.807) is 30.3 Å². The van der Waals surface area contributed by atoms with Crippen LogP contribution < -0.4 is 0 Å². The second-order valence-electron chi connectivity index (χ2n) is 5.30. The van der Waals surface area contributed by atoms with Gasteiger partial charge >= 0.3 is 5.97 Å². The quantitative estimate of drug-likeness (QED) is 0.630. The zero-order chi connectivity index (χ0) is 16.3. The first-order valence-corrected chi connectivity index (χ1v) is 7.67. The highest BCUT2D eigenvalue weighted by atomic mass is 32.2. The number of benzene rings is 1. The zero-order valence-electron chi connectivity index (χ0n) is 12.7. The van der Waals surface area contributed by atoms with Gasteiger partial charge in [0, 0.05) is 6.54 Å². The fourth-order valence-corrected chi connectivity index (χ4v) is 2.86. The summed E-state index contributed by atoms with van der Waals surface area (Å²) in [5.74, 6) is -0.447. The van der Waals surface area contributed by atoms with Crippen LogP contribution in [0.4, 0.5) is 4.79 Å².